The van der Waals surface area contributed by atoms with Gasteiger partial charge in [0.25, 0.3) is 5.56 Å². The lowest BCUT2D eigenvalue weighted by Gasteiger charge is -2.07. The molecule has 0 aliphatic heterocycles. The van der Waals surface area contributed by atoms with Crippen molar-refractivity contribution in [1.29, 1.82) is 0 Å². The number of aromatic nitrogens is 3. The lowest BCUT2D eigenvalue weighted by Crippen LogP contribution is -2.29. The van der Waals surface area contributed by atoms with E-state index in [1.54, 1.807) is 13.0 Å². The van der Waals surface area contributed by atoms with Crippen molar-refractivity contribution in [2.24, 2.45) is 0 Å². The van der Waals surface area contributed by atoms with Gasteiger partial charge in [-0.2, -0.15) is 5.10 Å². The highest BCUT2D eigenvalue weighted by molar-refractivity contribution is 9.10. The molecule has 3 rings (SSSR count). The fourth-order valence-corrected chi connectivity index (χ4v) is 3.22. The van der Waals surface area contributed by atoms with E-state index in [0.29, 0.717) is 5.69 Å². The van der Waals surface area contributed by atoms with E-state index in [1.165, 1.54) is 11.4 Å². The lowest BCUT2D eigenvalue weighted by molar-refractivity contribution is -0.117. The molecule has 0 aliphatic carbocycles. The van der Waals surface area contributed by atoms with Crippen LogP contribution in [0.5, 0.6) is 0 Å². The van der Waals surface area contributed by atoms with E-state index in [0.717, 1.165) is 26.1 Å². The molecule has 10 heteroatoms. The van der Waals surface area contributed by atoms with Gasteiger partial charge in [0.2, 0.25) is 5.91 Å². The van der Waals surface area contributed by atoms with Gasteiger partial charge in [-0.25, -0.2) is 14.5 Å². The number of esters is 1. The van der Waals surface area contributed by atoms with E-state index in [2.05, 4.69) is 31.3 Å². The predicted octanol–water partition coefficient (Wildman–Crippen LogP) is 2.94. The molecule has 0 fully saturated rings. The molecule has 3 aromatic rings. The third-order valence-electron chi connectivity index (χ3n) is 3.54. The van der Waals surface area contributed by atoms with E-state index in [-0.39, 0.29) is 24.0 Å². The van der Waals surface area contributed by atoms with Gasteiger partial charge in [-0.15, -0.1) is 11.3 Å². The van der Waals surface area contributed by atoms with Crippen molar-refractivity contribution in [3.05, 3.63) is 62.3 Å². The Hall–Kier alpha value is -2.85. The summed E-state index contributed by atoms with van der Waals surface area (Å²) in [4.78, 5) is 39.9. The first-order valence-electron chi connectivity index (χ1n) is 8.23. The zero-order chi connectivity index (χ0) is 20.1. The minimum Gasteiger partial charge on any atom is -0.461 e. The summed E-state index contributed by atoms with van der Waals surface area (Å²) in [5, 5.41) is 8.54. The zero-order valence-electron chi connectivity index (χ0n) is 14.7. The fourth-order valence-electron chi connectivity index (χ4n) is 2.26. The first-order chi connectivity index (χ1) is 13.5. The highest BCUT2D eigenvalue weighted by atomic mass is 79.9. The molecular weight excluding hydrogens is 448 g/mol. The van der Waals surface area contributed by atoms with Crippen LogP contribution in [-0.4, -0.2) is 33.2 Å². The summed E-state index contributed by atoms with van der Waals surface area (Å²) in [6.07, 6.45) is 0. The van der Waals surface area contributed by atoms with Gasteiger partial charge in [0.15, 0.2) is 10.8 Å². The van der Waals surface area contributed by atoms with Crippen molar-refractivity contribution in [2.75, 3.05) is 11.9 Å². The molecule has 0 aliphatic rings. The molecule has 0 bridgehead atoms. The highest BCUT2D eigenvalue weighted by Gasteiger charge is 2.14. The van der Waals surface area contributed by atoms with Crippen LogP contribution in [0, 0.1) is 0 Å². The van der Waals surface area contributed by atoms with Crippen LogP contribution in [0.4, 0.5) is 5.13 Å². The number of nitrogens with one attached hydrogen (secondary N) is 1. The summed E-state index contributed by atoms with van der Waals surface area (Å²) in [5.74, 6) is -1.04. The molecule has 8 nitrogen and oxygen atoms in total. The summed E-state index contributed by atoms with van der Waals surface area (Å²) >= 11 is 4.46. The van der Waals surface area contributed by atoms with Gasteiger partial charge in [-0.05, 0) is 25.1 Å². The molecule has 2 heterocycles. The summed E-state index contributed by atoms with van der Waals surface area (Å²) in [6.45, 7) is 1.65. The number of benzene rings is 1. The molecule has 0 atom stereocenters. The van der Waals surface area contributed by atoms with E-state index in [4.69, 9.17) is 4.74 Å². The average molecular weight is 463 g/mol. The number of rotatable bonds is 6. The van der Waals surface area contributed by atoms with Crippen molar-refractivity contribution < 1.29 is 14.3 Å². The molecule has 1 amide bonds. The predicted molar refractivity (Wildman–Crippen MR) is 108 cm³/mol. The number of amides is 1. The van der Waals surface area contributed by atoms with Crippen molar-refractivity contribution in [3.63, 3.8) is 0 Å². The molecule has 1 N–H and O–H groups in total. The Labute approximate surface area is 172 Å². The molecule has 28 heavy (non-hydrogen) atoms. The van der Waals surface area contributed by atoms with E-state index in [9.17, 15) is 14.4 Å². The van der Waals surface area contributed by atoms with Gasteiger partial charge in [-0.3, -0.25) is 9.59 Å². The Morgan fingerprint density at radius 3 is 2.68 bits per heavy atom. The number of carbonyl (C=O) groups excluding carboxylic acids is 2. The van der Waals surface area contributed by atoms with Gasteiger partial charge < -0.3 is 10.1 Å². The second kappa shape index (κ2) is 8.89. The first-order valence-corrected chi connectivity index (χ1v) is 9.90. The number of ether oxygens (including phenoxy) is 1. The van der Waals surface area contributed by atoms with Crippen LogP contribution < -0.4 is 10.9 Å². The molecule has 2 aromatic heterocycles. The molecular formula is C18H15BrN4O4S. The quantitative estimate of drug-likeness (QED) is 0.564. The largest absolute Gasteiger partial charge is 0.461 e. The van der Waals surface area contributed by atoms with Gasteiger partial charge in [0.1, 0.15) is 6.54 Å². The van der Waals surface area contributed by atoms with E-state index in [1.807, 2.05) is 24.3 Å². The summed E-state index contributed by atoms with van der Waals surface area (Å²) < 4.78 is 6.86. The molecule has 0 saturated heterocycles. The second-order valence-electron chi connectivity index (χ2n) is 5.53. The minimum absolute atomic E-state index is 0.120. The molecule has 1 aromatic carbocycles. The summed E-state index contributed by atoms with van der Waals surface area (Å²) in [7, 11) is 0. The van der Waals surface area contributed by atoms with E-state index < -0.39 is 17.4 Å². The fraction of sp³-hybridized carbons (Fsp3) is 0.167. The number of thiazole rings is 1. The average Bonchev–Trinajstić information content (AvgIpc) is 3.13. The van der Waals surface area contributed by atoms with Crippen LogP contribution in [0.2, 0.25) is 0 Å². The Morgan fingerprint density at radius 2 is 1.96 bits per heavy atom. The highest BCUT2D eigenvalue weighted by Crippen LogP contribution is 2.19. The smallest absolute Gasteiger partial charge is 0.357 e. The van der Waals surface area contributed by atoms with Crippen LogP contribution in [0.3, 0.4) is 0 Å². The number of nitrogens with zero attached hydrogens (tertiary/aromatic N) is 3. The van der Waals surface area contributed by atoms with Gasteiger partial charge in [-0.1, -0.05) is 28.1 Å². The number of hydrogen-bond donors (Lipinski definition) is 1. The Bertz CT molecular complexity index is 1060. The number of halogens is 1. The molecule has 0 saturated carbocycles. The maximum atomic E-state index is 12.3. The van der Waals surface area contributed by atoms with E-state index >= 15 is 0 Å². The zero-order valence-corrected chi connectivity index (χ0v) is 17.1. The van der Waals surface area contributed by atoms with Crippen molar-refractivity contribution >= 4 is 44.3 Å². The molecule has 0 spiro atoms. The molecule has 144 valence electrons. The van der Waals surface area contributed by atoms with Crippen molar-refractivity contribution in [1.82, 2.24) is 14.8 Å². The van der Waals surface area contributed by atoms with Crippen molar-refractivity contribution in [2.45, 2.75) is 13.5 Å². The standard InChI is InChI=1S/C18H15BrN4O4S/c1-2-27-17(26)14-10-28-18(20-14)21-15(24)9-23-16(25)8-7-13(22-23)11-3-5-12(19)6-4-11/h3-8,10H,2,9H2,1H3,(H,20,21,24). The van der Waals surface area contributed by atoms with Crippen molar-refractivity contribution in [3.8, 4) is 11.3 Å². The lowest BCUT2D eigenvalue weighted by atomic mass is 10.1. The van der Waals surface area contributed by atoms with Crippen LogP contribution >= 0.6 is 27.3 Å². The molecule has 0 unspecified atom stereocenters. The maximum Gasteiger partial charge on any atom is 0.357 e. The van der Waals surface area contributed by atoms with Crippen LogP contribution in [0.15, 0.2) is 51.0 Å². The van der Waals surface area contributed by atoms with Gasteiger partial charge >= 0.3 is 5.97 Å². The Balaban J connectivity index is 1.72. The summed E-state index contributed by atoms with van der Waals surface area (Å²) in [5.41, 5.74) is 1.10. The maximum absolute atomic E-state index is 12.3. The normalized spacial score (nSPS) is 10.5. The first kappa shape index (κ1) is 19.9. The Kier molecular flexibility index (Phi) is 6.32. The minimum atomic E-state index is -0.556. The number of carbonyl (C=O) groups is 2. The van der Waals surface area contributed by atoms with Crippen LogP contribution in [0.1, 0.15) is 17.4 Å². The van der Waals surface area contributed by atoms with Gasteiger partial charge in [0, 0.05) is 21.5 Å². The van der Waals surface area contributed by atoms with Gasteiger partial charge in [0.05, 0.1) is 12.3 Å². The summed E-state index contributed by atoms with van der Waals surface area (Å²) in [6, 6.07) is 10.4. The molecule has 0 radical (unpaired) electrons. The van der Waals surface area contributed by atoms with Crippen LogP contribution in [0.25, 0.3) is 11.3 Å². The number of hydrogen-bond acceptors (Lipinski definition) is 7. The van der Waals surface area contributed by atoms with Crippen LogP contribution in [-0.2, 0) is 16.1 Å². The third kappa shape index (κ3) is 4.90. The second-order valence-corrected chi connectivity index (χ2v) is 7.30. The Morgan fingerprint density at radius 1 is 1.21 bits per heavy atom. The number of anilines is 1. The SMILES string of the molecule is CCOC(=O)c1csc(NC(=O)Cn2nc(-c3ccc(Br)cc3)ccc2=O)n1. The third-order valence-corrected chi connectivity index (χ3v) is 4.82. The monoisotopic (exact) mass is 462 g/mol. The topological polar surface area (TPSA) is 103 Å².